The largest absolute Gasteiger partial charge is 0.309 e. The second kappa shape index (κ2) is 7.06. The second-order valence-corrected chi connectivity index (χ2v) is 5.94. The number of hydrogen-bond acceptors (Lipinski definition) is 2. The molecule has 0 aromatic heterocycles. The van der Waals surface area contributed by atoms with E-state index in [0.717, 1.165) is 13.1 Å². The lowest BCUT2D eigenvalue weighted by molar-refractivity contribution is 0.292. The Balaban J connectivity index is 2.10. The molecule has 1 fully saturated rings. The van der Waals surface area contributed by atoms with Gasteiger partial charge in [-0.3, -0.25) is 0 Å². The fraction of sp³-hybridized carbons (Fsp3) is 0.647. The zero-order chi connectivity index (χ0) is 13.7. The van der Waals surface area contributed by atoms with Crippen molar-refractivity contribution in [3.63, 3.8) is 0 Å². The Labute approximate surface area is 118 Å². The third-order valence-electron chi connectivity index (χ3n) is 3.93. The Kier molecular flexibility index (Phi) is 5.41. The van der Waals surface area contributed by atoms with Crippen LogP contribution < -0.4 is 5.32 Å². The number of nitrogens with zero attached hydrogens (tertiary/aromatic N) is 1. The lowest BCUT2D eigenvalue weighted by atomic mass is 10.0. The van der Waals surface area contributed by atoms with E-state index >= 15 is 0 Å². The first-order valence-electron chi connectivity index (χ1n) is 7.73. The molecular formula is C17H28N2. The van der Waals surface area contributed by atoms with Gasteiger partial charge in [-0.1, -0.05) is 36.2 Å². The molecule has 1 aromatic rings. The zero-order valence-electron chi connectivity index (χ0n) is 12.7. The average Bonchev–Trinajstić information content (AvgIpc) is 2.86. The molecule has 106 valence electrons. The Bertz CT molecular complexity index is 374. The lowest BCUT2D eigenvalue weighted by Gasteiger charge is -2.25. The monoisotopic (exact) mass is 260 g/mol. The number of rotatable bonds is 6. The highest BCUT2D eigenvalue weighted by molar-refractivity contribution is 5.31. The minimum absolute atomic E-state index is 0.483. The van der Waals surface area contributed by atoms with E-state index in [9.17, 15) is 0 Å². The van der Waals surface area contributed by atoms with Gasteiger partial charge in [0.2, 0.25) is 0 Å². The van der Waals surface area contributed by atoms with Gasteiger partial charge in [-0.05, 0) is 58.3 Å². The smallest absolute Gasteiger partial charge is 0.0449 e. The first kappa shape index (κ1) is 14.5. The summed E-state index contributed by atoms with van der Waals surface area (Å²) in [4.78, 5) is 2.60. The minimum Gasteiger partial charge on any atom is -0.309 e. The van der Waals surface area contributed by atoms with E-state index < -0.39 is 0 Å². The van der Waals surface area contributed by atoms with E-state index in [-0.39, 0.29) is 0 Å². The van der Waals surface area contributed by atoms with E-state index in [2.05, 4.69) is 49.2 Å². The fourth-order valence-corrected chi connectivity index (χ4v) is 3.04. The number of nitrogens with one attached hydrogen (secondary N) is 1. The maximum atomic E-state index is 3.73. The molecule has 1 atom stereocenters. The summed E-state index contributed by atoms with van der Waals surface area (Å²) in [5.74, 6) is 0. The highest BCUT2D eigenvalue weighted by Gasteiger charge is 2.18. The summed E-state index contributed by atoms with van der Waals surface area (Å²) in [6.45, 7) is 11.4. The molecule has 2 rings (SSSR count). The molecule has 0 bridgehead atoms. The predicted octanol–water partition coefficient (Wildman–Crippen LogP) is 3.44. The van der Waals surface area contributed by atoms with Gasteiger partial charge < -0.3 is 10.2 Å². The van der Waals surface area contributed by atoms with Crippen molar-refractivity contribution in [1.82, 2.24) is 10.2 Å². The first-order valence-corrected chi connectivity index (χ1v) is 7.73. The summed E-state index contributed by atoms with van der Waals surface area (Å²) >= 11 is 0. The SMILES string of the molecule is CCCNC(CN1CCCC1)c1cc(C)cc(C)c1. The van der Waals surface area contributed by atoms with Crippen LogP contribution in [0.5, 0.6) is 0 Å². The van der Waals surface area contributed by atoms with Crippen molar-refractivity contribution in [2.45, 2.75) is 46.1 Å². The van der Waals surface area contributed by atoms with Gasteiger partial charge in [-0.15, -0.1) is 0 Å². The fourth-order valence-electron chi connectivity index (χ4n) is 3.04. The Hall–Kier alpha value is -0.860. The molecule has 1 aliphatic rings. The van der Waals surface area contributed by atoms with E-state index in [1.165, 1.54) is 49.0 Å². The summed E-state index contributed by atoms with van der Waals surface area (Å²) in [6.07, 6.45) is 3.93. The van der Waals surface area contributed by atoms with Crippen molar-refractivity contribution in [2.75, 3.05) is 26.2 Å². The van der Waals surface area contributed by atoms with Crippen molar-refractivity contribution in [1.29, 1.82) is 0 Å². The average molecular weight is 260 g/mol. The maximum Gasteiger partial charge on any atom is 0.0449 e. The molecule has 0 spiro atoms. The molecule has 0 amide bonds. The summed E-state index contributed by atoms with van der Waals surface area (Å²) in [6, 6.07) is 7.43. The maximum absolute atomic E-state index is 3.73. The van der Waals surface area contributed by atoms with Crippen LogP contribution in [0.3, 0.4) is 0 Å². The normalized spacial score (nSPS) is 17.8. The van der Waals surface area contributed by atoms with Crippen molar-refractivity contribution >= 4 is 0 Å². The van der Waals surface area contributed by atoms with Crippen molar-refractivity contribution < 1.29 is 0 Å². The van der Waals surface area contributed by atoms with E-state index in [1.54, 1.807) is 0 Å². The molecule has 1 aromatic carbocycles. The van der Waals surface area contributed by atoms with Gasteiger partial charge in [0.1, 0.15) is 0 Å². The molecule has 1 unspecified atom stereocenters. The van der Waals surface area contributed by atoms with Gasteiger partial charge in [-0.25, -0.2) is 0 Å². The quantitative estimate of drug-likeness (QED) is 0.843. The molecule has 1 heterocycles. The van der Waals surface area contributed by atoms with Gasteiger partial charge in [0, 0.05) is 12.6 Å². The molecule has 1 saturated heterocycles. The van der Waals surface area contributed by atoms with Gasteiger partial charge in [0.15, 0.2) is 0 Å². The summed E-state index contributed by atoms with van der Waals surface area (Å²) in [5.41, 5.74) is 4.21. The van der Waals surface area contributed by atoms with E-state index in [4.69, 9.17) is 0 Å². The number of hydrogen-bond donors (Lipinski definition) is 1. The Morgan fingerprint density at radius 2 is 1.74 bits per heavy atom. The Morgan fingerprint density at radius 3 is 2.32 bits per heavy atom. The molecular weight excluding hydrogens is 232 g/mol. The molecule has 1 N–H and O–H groups in total. The van der Waals surface area contributed by atoms with Crippen molar-refractivity contribution in [2.24, 2.45) is 0 Å². The van der Waals surface area contributed by atoms with Gasteiger partial charge in [0.25, 0.3) is 0 Å². The van der Waals surface area contributed by atoms with Crippen LogP contribution in [-0.4, -0.2) is 31.1 Å². The van der Waals surface area contributed by atoms with Crippen LogP contribution in [0.15, 0.2) is 18.2 Å². The second-order valence-electron chi connectivity index (χ2n) is 5.94. The summed E-state index contributed by atoms with van der Waals surface area (Å²) in [7, 11) is 0. The van der Waals surface area contributed by atoms with Crippen molar-refractivity contribution in [3.05, 3.63) is 34.9 Å². The summed E-state index contributed by atoms with van der Waals surface area (Å²) in [5, 5.41) is 3.73. The molecule has 1 aliphatic heterocycles. The van der Waals surface area contributed by atoms with Crippen LogP contribution in [0.2, 0.25) is 0 Å². The predicted molar refractivity (Wildman–Crippen MR) is 82.6 cm³/mol. The van der Waals surface area contributed by atoms with Crippen LogP contribution in [0.4, 0.5) is 0 Å². The van der Waals surface area contributed by atoms with Crippen LogP contribution in [0, 0.1) is 13.8 Å². The topological polar surface area (TPSA) is 15.3 Å². The molecule has 2 nitrogen and oxygen atoms in total. The van der Waals surface area contributed by atoms with E-state index in [0.29, 0.717) is 6.04 Å². The number of benzene rings is 1. The van der Waals surface area contributed by atoms with Gasteiger partial charge in [0.05, 0.1) is 0 Å². The van der Waals surface area contributed by atoms with Crippen LogP contribution in [0.25, 0.3) is 0 Å². The van der Waals surface area contributed by atoms with Crippen LogP contribution in [-0.2, 0) is 0 Å². The molecule has 0 radical (unpaired) electrons. The molecule has 0 aliphatic carbocycles. The third-order valence-corrected chi connectivity index (χ3v) is 3.93. The van der Waals surface area contributed by atoms with Crippen LogP contribution in [0.1, 0.15) is 48.9 Å². The minimum atomic E-state index is 0.483. The van der Waals surface area contributed by atoms with Crippen LogP contribution >= 0.6 is 0 Å². The highest BCUT2D eigenvalue weighted by Crippen LogP contribution is 2.20. The molecule has 0 saturated carbocycles. The first-order chi connectivity index (χ1) is 9.19. The lowest BCUT2D eigenvalue weighted by Crippen LogP contribution is -2.34. The van der Waals surface area contributed by atoms with Gasteiger partial charge >= 0.3 is 0 Å². The van der Waals surface area contributed by atoms with Gasteiger partial charge in [-0.2, -0.15) is 0 Å². The molecule has 19 heavy (non-hydrogen) atoms. The highest BCUT2D eigenvalue weighted by atomic mass is 15.2. The number of aryl methyl sites for hydroxylation is 2. The zero-order valence-corrected chi connectivity index (χ0v) is 12.7. The van der Waals surface area contributed by atoms with Crippen molar-refractivity contribution in [3.8, 4) is 0 Å². The standard InChI is InChI=1S/C17H28N2/c1-4-7-18-17(13-19-8-5-6-9-19)16-11-14(2)10-15(3)12-16/h10-12,17-18H,4-9,13H2,1-3H3. The number of likely N-dealkylation sites (tertiary alicyclic amines) is 1. The Morgan fingerprint density at radius 1 is 1.11 bits per heavy atom. The molecule has 2 heteroatoms. The third kappa shape index (κ3) is 4.32. The summed E-state index contributed by atoms with van der Waals surface area (Å²) < 4.78 is 0. The van der Waals surface area contributed by atoms with E-state index in [1.807, 2.05) is 0 Å².